The molecule has 18 heavy (non-hydrogen) atoms. The number of rotatable bonds is 5. The van der Waals surface area contributed by atoms with Crippen molar-refractivity contribution in [3.05, 3.63) is 23.3 Å². The summed E-state index contributed by atoms with van der Waals surface area (Å²) in [6.45, 7) is 8.91. The Kier molecular flexibility index (Phi) is 5.03. The average molecular weight is 246 g/mol. The van der Waals surface area contributed by atoms with Crippen LogP contribution in [0.3, 0.4) is 0 Å². The van der Waals surface area contributed by atoms with Gasteiger partial charge in [0.25, 0.3) is 0 Å². The number of nitrogens with zero attached hydrogens (tertiary/aromatic N) is 1. The first kappa shape index (κ1) is 14.4. The molecule has 0 aromatic heterocycles. The summed E-state index contributed by atoms with van der Waals surface area (Å²) in [4.78, 5) is 0. The summed E-state index contributed by atoms with van der Waals surface area (Å²) in [6, 6.07) is 6.43. The number of ether oxygens (including phenoxy) is 1. The lowest BCUT2D eigenvalue weighted by Crippen LogP contribution is -2.18. The van der Waals surface area contributed by atoms with E-state index in [4.69, 9.17) is 10.00 Å². The standard InChI is InChI=1S/C15H22N2O/c1-10(2)13(8-16)9-17-14-6-11(3)12(4)7-15(14)18-5/h6-7,10,13,17H,9H2,1-5H3. The molecule has 0 aliphatic heterocycles. The lowest BCUT2D eigenvalue weighted by Gasteiger charge is -2.17. The third-order valence-corrected chi connectivity index (χ3v) is 3.30. The quantitative estimate of drug-likeness (QED) is 0.864. The molecule has 3 nitrogen and oxygen atoms in total. The van der Waals surface area contributed by atoms with Crippen molar-refractivity contribution >= 4 is 5.69 Å². The van der Waals surface area contributed by atoms with Crippen LogP contribution in [0.15, 0.2) is 12.1 Å². The van der Waals surface area contributed by atoms with E-state index in [2.05, 4.69) is 45.1 Å². The number of nitrogens with one attached hydrogen (secondary N) is 1. The summed E-state index contributed by atoms with van der Waals surface area (Å²) in [5.74, 6) is 1.19. The maximum absolute atomic E-state index is 9.08. The smallest absolute Gasteiger partial charge is 0.142 e. The fraction of sp³-hybridized carbons (Fsp3) is 0.533. The Morgan fingerprint density at radius 3 is 2.39 bits per heavy atom. The molecule has 3 heteroatoms. The van der Waals surface area contributed by atoms with Gasteiger partial charge in [-0.15, -0.1) is 0 Å². The van der Waals surface area contributed by atoms with E-state index < -0.39 is 0 Å². The Morgan fingerprint density at radius 2 is 1.89 bits per heavy atom. The van der Waals surface area contributed by atoms with Crippen molar-refractivity contribution in [3.63, 3.8) is 0 Å². The first-order valence-corrected chi connectivity index (χ1v) is 6.28. The molecule has 0 bridgehead atoms. The molecule has 0 saturated heterocycles. The van der Waals surface area contributed by atoms with E-state index >= 15 is 0 Å². The van der Waals surface area contributed by atoms with Gasteiger partial charge < -0.3 is 10.1 Å². The van der Waals surface area contributed by atoms with Crippen LogP contribution in [0.1, 0.15) is 25.0 Å². The lowest BCUT2D eigenvalue weighted by atomic mass is 9.97. The zero-order chi connectivity index (χ0) is 13.7. The van der Waals surface area contributed by atoms with Gasteiger partial charge in [0.2, 0.25) is 0 Å². The predicted octanol–water partition coefficient (Wildman–Crippen LogP) is 3.52. The second kappa shape index (κ2) is 6.30. The summed E-state index contributed by atoms with van der Waals surface area (Å²) in [7, 11) is 1.67. The van der Waals surface area contributed by atoms with E-state index in [1.165, 1.54) is 11.1 Å². The Morgan fingerprint density at radius 1 is 1.28 bits per heavy atom. The normalized spacial score (nSPS) is 12.1. The molecule has 0 aliphatic carbocycles. The third kappa shape index (κ3) is 3.40. The van der Waals surface area contributed by atoms with E-state index in [1.807, 2.05) is 6.07 Å². The third-order valence-electron chi connectivity index (χ3n) is 3.30. The summed E-state index contributed by atoms with van der Waals surface area (Å²) in [6.07, 6.45) is 0. The van der Waals surface area contributed by atoms with Gasteiger partial charge in [-0.25, -0.2) is 0 Å². The molecule has 1 atom stereocenters. The number of benzene rings is 1. The summed E-state index contributed by atoms with van der Waals surface area (Å²) >= 11 is 0. The highest BCUT2D eigenvalue weighted by Crippen LogP contribution is 2.28. The van der Waals surface area contributed by atoms with E-state index in [-0.39, 0.29) is 5.92 Å². The van der Waals surface area contributed by atoms with E-state index in [9.17, 15) is 0 Å². The molecule has 1 N–H and O–H groups in total. The van der Waals surface area contributed by atoms with Crippen LogP contribution in [0.5, 0.6) is 5.75 Å². The first-order valence-electron chi connectivity index (χ1n) is 6.28. The van der Waals surface area contributed by atoms with Gasteiger partial charge >= 0.3 is 0 Å². The monoisotopic (exact) mass is 246 g/mol. The Bertz CT molecular complexity index is 447. The SMILES string of the molecule is COc1cc(C)c(C)cc1NCC(C#N)C(C)C. The highest BCUT2D eigenvalue weighted by molar-refractivity contribution is 5.60. The van der Waals surface area contributed by atoms with E-state index in [0.717, 1.165) is 11.4 Å². The molecular weight excluding hydrogens is 224 g/mol. The molecule has 0 heterocycles. The lowest BCUT2D eigenvalue weighted by molar-refractivity contribution is 0.415. The second-order valence-electron chi connectivity index (χ2n) is 5.00. The number of aryl methyl sites for hydroxylation is 2. The van der Waals surface area contributed by atoms with E-state index in [0.29, 0.717) is 12.5 Å². The molecule has 0 radical (unpaired) electrons. The van der Waals surface area contributed by atoms with Gasteiger partial charge in [-0.1, -0.05) is 13.8 Å². The number of hydrogen-bond acceptors (Lipinski definition) is 3. The van der Waals surface area contributed by atoms with Gasteiger partial charge in [-0.05, 0) is 43.0 Å². The maximum atomic E-state index is 9.08. The number of nitriles is 1. The molecular formula is C15H22N2O. The second-order valence-corrected chi connectivity index (χ2v) is 5.00. The predicted molar refractivity (Wildman–Crippen MR) is 74.9 cm³/mol. The van der Waals surface area contributed by atoms with Crippen molar-refractivity contribution in [2.75, 3.05) is 19.0 Å². The Hall–Kier alpha value is -1.69. The van der Waals surface area contributed by atoms with Crippen molar-refractivity contribution in [3.8, 4) is 11.8 Å². The van der Waals surface area contributed by atoms with Crippen LogP contribution in [0.25, 0.3) is 0 Å². The zero-order valence-corrected chi connectivity index (χ0v) is 11.9. The summed E-state index contributed by atoms with van der Waals surface area (Å²) < 4.78 is 5.36. The minimum absolute atomic E-state index is 0.0105. The van der Waals surface area contributed by atoms with Gasteiger partial charge in [0.05, 0.1) is 24.8 Å². The van der Waals surface area contributed by atoms with Crippen LogP contribution in [-0.4, -0.2) is 13.7 Å². The summed E-state index contributed by atoms with van der Waals surface area (Å²) in [5, 5.41) is 12.4. The van der Waals surface area contributed by atoms with Crippen molar-refractivity contribution < 1.29 is 4.74 Å². The van der Waals surface area contributed by atoms with Gasteiger partial charge in [0.15, 0.2) is 0 Å². The van der Waals surface area contributed by atoms with E-state index in [1.54, 1.807) is 7.11 Å². The fourth-order valence-corrected chi connectivity index (χ4v) is 1.75. The van der Waals surface area contributed by atoms with Gasteiger partial charge in [0.1, 0.15) is 5.75 Å². The largest absolute Gasteiger partial charge is 0.495 e. The van der Waals surface area contributed by atoms with Gasteiger partial charge in [0, 0.05) is 6.54 Å². The van der Waals surface area contributed by atoms with Crippen molar-refractivity contribution in [1.29, 1.82) is 5.26 Å². The number of anilines is 1. The molecule has 1 aromatic carbocycles. The molecule has 98 valence electrons. The highest BCUT2D eigenvalue weighted by atomic mass is 16.5. The van der Waals surface area contributed by atoms with Crippen LogP contribution in [-0.2, 0) is 0 Å². The van der Waals surface area contributed by atoms with Crippen molar-refractivity contribution in [1.82, 2.24) is 0 Å². The summed E-state index contributed by atoms with van der Waals surface area (Å²) in [5.41, 5.74) is 3.39. The molecule has 1 unspecified atom stereocenters. The van der Waals surface area contributed by atoms with Crippen LogP contribution in [0.4, 0.5) is 5.69 Å². The minimum atomic E-state index is 0.0105. The van der Waals surface area contributed by atoms with Crippen molar-refractivity contribution in [2.45, 2.75) is 27.7 Å². The molecule has 0 amide bonds. The number of hydrogen-bond donors (Lipinski definition) is 1. The first-order chi connectivity index (χ1) is 8.49. The molecule has 0 saturated carbocycles. The van der Waals surface area contributed by atoms with Crippen LogP contribution < -0.4 is 10.1 Å². The highest BCUT2D eigenvalue weighted by Gasteiger charge is 2.13. The fourth-order valence-electron chi connectivity index (χ4n) is 1.75. The maximum Gasteiger partial charge on any atom is 0.142 e. The van der Waals surface area contributed by atoms with Gasteiger partial charge in [-0.3, -0.25) is 0 Å². The zero-order valence-electron chi connectivity index (χ0n) is 11.9. The molecule has 1 rings (SSSR count). The Labute approximate surface area is 110 Å². The minimum Gasteiger partial charge on any atom is -0.495 e. The molecule has 0 aliphatic rings. The van der Waals surface area contributed by atoms with Crippen LogP contribution >= 0.6 is 0 Å². The van der Waals surface area contributed by atoms with Gasteiger partial charge in [-0.2, -0.15) is 5.26 Å². The molecule has 1 aromatic rings. The molecule has 0 fully saturated rings. The molecule has 0 spiro atoms. The average Bonchev–Trinajstić information content (AvgIpc) is 2.33. The van der Waals surface area contributed by atoms with Crippen LogP contribution in [0, 0.1) is 37.0 Å². The Balaban J connectivity index is 2.84. The number of methoxy groups -OCH3 is 1. The van der Waals surface area contributed by atoms with Crippen molar-refractivity contribution in [2.24, 2.45) is 11.8 Å². The van der Waals surface area contributed by atoms with Crippen LogP contribution in [0.2, 0.25) is 0 Å². The topological polar surface area (TPSA) is 45.0 Å².